The maximum absolute atomic E-state index is 12.2. The van der Waals surface area contributed by atoms with Crippen LogP contribution < -0.4 is 10.2 Å². The van der Waals surface area contributed by atoms with Crippen LogP contribution in [-0.2, 0) is 4.79 Å². The normalized spacial score (nSPS) is 10.8. The van der Waals surface area contributed by atoms with Crippen molar-refractivity contribution in [3.05, 3.63) is 71.4 Å². The molecule has 28 heavy (non-hydrogen) atoms. The van der Waals surface area contributed by atoms with Gasteiger partial charge in [0.05, 0.1) is 11.9 Å². The van der Waals surface area contributed by atoms with Gasteiger partial charge >= 0.3 is 5.97 Å². The molecule has 0 saturated heterocycles. The van der Waals surface area contributed by atoms with E-state index in [-0.39, 0.29) is 5.69 Å². The van der Waals surface area contributed by atoms with Crippen LogP contribution in [0.3, 0.4) is 0 Å². The summed E-state index contributed by atoms with van der Waals surface area (Å²) in [5.41, 5.74) is 5.89. The minimum Gasteiger partial charge on any atom is -0.481 e. The molecule has 1 aromatic heterocycles. The SMILES string of the molecule is Cc1ccc(-c2cc(C(=O)N/N=C/c3ccccc3OCC(=O)O)[nH]n2)cc1. The van der Waals surface area contributed by atoms with Crippen LogP contribution in [0.1, 0.15) is 21.6 Å². The molecular weight excluding hydrogens is 360 g/mol. The fourth-order valence-corrected chi connectivity index (χ4v) is 2.39. The molecule has 3 aromatic rings. The van der Waals surface area contributed by atoms with E-state index in [2.05, 4.69) is 20.7 Å². The molecule has 2 aromatic carbocycles. The summed E-state index contributed by atoms with van der Waals surface area (Å²) in [6, 6.07) is 16.2. The lowest BCUT2D eigenvalue weighted by Gasteiger charge is -2.06. The Kier molecular flexibility index (Phi) is 5.81. The molecule has 1 heterocycles. The molecule has 0 fully saturated rings. The summed E-state index contributed by atoms with van der Waals surface area (Å²) in [5.74, 6) is -1.18. The van der Waals surface area contributed by atoms with Gasteiger partial charge in [-0.05, 0) is 25.1 Å². The van der Waals surface area contributed by atoms with Gasteiger partial charge in [-0.25, -0.2) is 10.2 Å². The highest BCUT2D eigenvalue weighted by atomic mass is 16.5. The largest absolute Gasteiger partial charge is 0.481 e. The highest BCUT2D eigenvalue weighted by Gasteiger charge is 2.10. The minimum atomic E-state index is -1.08. The zero-order valence-electron chi connectivity index (χ0n) is 15.0. The van der Waals surface area contributed by atoms with Gasteiger partial charge in [-0.1, -0.05) is 42.0 Å². The number of hydrazone groups is 1. The Hall–Kier alpha value is -3.94. The number of aliphatic carboxylic acids is 1. The van der Waals surface area contributed by atoms with E-state index in [4.69, 9.17) is 9.84 Å². The number of aryl methyl sites for hydroxylation is 1. The molecule has 0 aliphatic carbocycles. The first-order valence-electron chi connectivity index (χ1n) is 8.42. The maximum Gasteiger partial charge on any atom is 0.341 e. The summed E-state index contributed by atoms with van der Waals surface area (Å²) < 4.78 is 5.18. The van der Waals surface area contributed by atoms with Gasteiger partial charge in [0.25, 0.3) is 5.91 Å². The fourth-order valence-electron chi connectivity index (χ4n) is 2.39. The van der Waals surface area contributed by atoms with E-state index in [1.807, 2.05) is 31.2 Å². The molecule has 0 saturated carbocycles. The predicted molar refractivity (Wildman–Crippen MR) is 103 cm³/mol. The summed E-state index contributed by atoms with van der Waals surface area (Å²) in [7, 11) is 0. The molecule has 0 radical (unpaired) electrons. The maximum atomic E-state index is 12.2. The number of nitrogens with zero attached hydrogens (tertiary/aromatic N) is 2. The number of carbonyl (C=O) groups is 2. The van der Waals surface area contributed by atoms with E-state index in [1.54, 1.807) is 30.3 Å². The summed E-state index contributed by atoms with van der Waals surface area (Å²) in [5, 5.41) is 19.4. The Morgan fingerprint density at radius 1 is 1.21 bits per heavy atom. The average Bonchev–Trinajstić information content (AvgIpc) is 3.18. The van der Waals surface area contributed by atoms with Crippen molar-refractivity contribution in [3.8, 4) is 17.0 Å². The monoisotopic (exact) mass is 378 g/mol. The summed E-state index contributed by atoms with van der Waals surface area (Å²) in [6.07, 6.45) is 1.38. The quantitative estimate of drug-likeness (QED) is 0.432. The minimum absolute atomic E-state index is 0.267. The number of aromatic nitrogens is 2. The number of hydrogen-bond acceptors (Lipinski definition) is 5. The summed E-state index contributed by atoms with van der Waals surface area (Å²) in [4.78, 5) is 22.9. The van der Waals surface area contributed by atoms with Crippen molar-refractivity contribution in [1.82, 2.24) is 15.6 Å². The topological polar surface area (TPSA) is 117 Å². The lowest BCUT2D eigenvalue weighted by atomic mass is 10.1. The van der Waals surface area contributed by atoms with Gasteiger partial charge in [-0.15, -0.1) is 0 Å². The van der Waals surface area contributed by atoms with Gasteiger partial charge in [-0.3, -0.25) is 9.89 Å². The first-order chi connectivity index (χ1) is 13.5. The molecule has 0 unspecified atom stereocenters. The number of benzene rings is 2. The highest BCUT2D eigenvalue weighted by Crippen LogP contribution is 2.18. The highest BCUT2D eigenvalue weighted by molar-refractivity contribution is 5.94. The van der Waals surface area contributed by atoms with Crippen molar-refractivity contribution in [2.45, 2.75) is 6.92 Å². The molecule has 3 N–H and O–H groups in total. The molecule has 0 spiro atoms. The van der Waals surface area contributed by atoms with E-state index in [1.165, 1.54) is 6.21 Å². The van der Waals surface area contributed by atoms with Gasteiger partial charge < -0.3 is 9.84 Å². The summed E-state index contributed by atoms with van der Waals surface area (Å²) >= 11 is 0. The molecule has 0 aliphatic heterocycles. The number of amides is 1. The number of aromatic amines is 1. The standard InChI is InChI=1S/C20H18N4O4/c1-13-6-8-14(9-7-13)16-10-17(23-22-16)20(27)24-21-11-15-4-2-3-5-18(15)28-12-19(25)26/h2-11H,12H2,1H3,(H,22,23)(H,24,27)(H,25,26)/b21-11+. The lowest BCUT2D eigenvalue weighted by Crippen LogP contribution is -2.18. The van der Waals surface area contributed by atoms with Crippen LogP contribution in [0.5, 0.6) is 5.75 Å². The van der Waals surface area contributed by atoms with Crippen LogP contribution >= 0.6 is 0 Å². The predicted octanol–water partition coefficient (Wildman–Crippen LogP) is 2.61. The van der Waals surface area contributed by atoms with Gasteiger partial charge in [0.1, 0.15) is 11.4 Å². The van der Waals surface area contributed by atoms with Gasteiger partial charge in [0, 0.05) is 11.1 Å². The molecule has 142 valence electrons. The van der Waals surface area contributed by atoms with Crippen molar-refractivity contribution in [2.24, 2.45) is 5.10 Å². The van der Waals surface area contributed by atoms with Crippen LogP contribution in [0.25, 0.3) is 11.3 Å². The molecule has 8 nitrogen and oxygen atoms in total. The van der Waals surface area contributed by atoms with Crippen molar-refractivity contribution in [2.75, 3.05) is 6.61 Å². The van der Waals surface area contributed by atoms with E-state index in [0.717, 1.165) is 11.1 Å². The molecule has 0 aliphatic rings. The summed E-state index contributed by atoms with van der Waals surface area (Å²) in [6.45, 7) is 1.53. The molecule has 3 rings (SSSR count). The second-order valence-electron chi connectivity index (χ2n) is 5.95. The number of para-hydroxylation sites is 1. The Balaban J connectivity index is 1.65. The second kappa shape index (κ2) is 8.63. The van der Waals surface area contributed by atoms with E-state index < -0.39 is 18.5 Å². The molecule has 1 amide bonds. The number of H-pyrrole nitrogens is 1. The third-order valence-corrected chi connectivity index (χ3v) is 3.81. The number of carbonyl (C=O) groups excluding carboxylic acids is 1. The van der Waals surface area contributed by atoms with Crippen LogP contribution in [-0.4, -0.2) is 40.0 Å². The van der Waals surface area contributed by atoms with Gasteiger partial charge in [-0.2, -0.15) is 10.2 Å². The van der Waals surface area contributed by atoms with E-state index >= 15 is 0 Å². The third kappa shape index (κ3) is 4.82. The first kappa shape index (κ1) is 18.8. The zero-order valence-corrected chi connectivity index (χ0v) is 15.0. The number of carboxylic acid groups (broad SMARTS) is 1. The van der Waals surface area contributed by atoms with Crippen molar-refractivity contribution in [3.63, 3.8) is 0 Å². The fraction of sp³-hybridized carbons (Fsp3) is 0.100. The van der Waals surface area contributed by atoms with Crippen molar-refractivity contribution in [1.29, 1.82) is 0 Å². The van der Waals surface area contributed by atoms with E-state index in [9.17, 15) is 9.59 Å². The third-order valence-electron chi connectivity index (χ3n) is 3.81. The van der Waals surface area contributed by atoms with Crippen LogP contribution in [0.15, 0.2) is 59.7 Å². The van der Waals surface area contributed by atoms with Crippen molar-refractivity contribution < 1.29 is 19.4 Å². The Labute approximate surface area is 160 Å². The molecular formula is C20H18N4O4. The Bertz CT molecular complexity index is 1010. The second-order valence-corrected chi connectivity index (χ2v) is 5.95. The molecule has 0 atom stereocenters. The average molecular weight is 378 g/mol. The number of nitrogens with one attached hydrogen (secondary N) is 2. The van der Waals surface area contributed by atoms with Crippen molar-refractivity contribution >= 4 is 18.1 Å². The Morgan fingerprint density at radius 3 is 2.71 bits per heavy atom. The number of hydrogen-bond donors (Lipinski definition) is 3. The number of rotatable bonds is 7. The zero-order chi connectivity index (χ0) is 19.9. The lowest BCUT2D eigenvalue weighted by molar-refractivity contribution is -0.139. The van der Waals surface area contributed by atoms with E-state index in [0.29, 0.717) is 17.0 Å². The Morgan fingerprint density at radius 2 is 1.96 bits per heavy atom. The number of carboxylic acids is 1. The van der Waals surface area contributed by atoms with Crippen LogP contribution in [0.2, 0.25) is 0 Å². The first-order valence-corrected chi connectivity index (χ1v) is 8.42. The van der Waals surface area contributed by atoms with Crippen LogP contribution in [0, 0.1) is 6.92 Å². The smallest absolute Gasteiger partial charge is 0.341 e. The molecule has 8 heteroatoms. The van der Waals surface area contributed by atoms with Gasteiger partial charge in [0.2, 0.25) is 0 Å². The molecule has 0 bridgehead atoms. The van der Waals surface area contributed by atoms with Gasteiger partial charge in [0.15, 0.2) is 6.61 Å². The van der Waals surface area contributed by atoms with Crippen LogP contribution in [0.4, 0.5) is 0 Å². The number of ether oxygens (including phenoxy) is 1.